The summed E-state index contributed by atoms with van der Waals surface area (Å²) < 4.78 is 2.14. The van der Waals surface area contributed by atoms with Crippen LogP contribution in [0.3, 0.4) is 0 Å². The molecule has 0 radical (unpaired) electrons. The fraction of sp³-hybridized carbons (Fsp3) is 0.800. The summed E-state index contributed by atoms with van der Waals surface area (Å²) in [6.07, 6.45) is 12.0. The number of nitrogens with one attached hydrogen (secondary N) is 1. The minimum atomic E-state index is -0.0445. The van der Waals surface area contributed by atoms with E-state index in [0.717, 1.165) is 25.1 Å². The zero-order valence-electron chi connectivity index (χ0n) is 11.6. The molecule has 2 aliphatic carbocycles. The van der Waals surface area contributed by atoms with E-state index in [-0.39, 0.29) is 12.1 Å². The number of nitrogens with zero attached hydrogens (tertiary/aromatic N) is 2. The smallest absolute Gasteiger partial charge is 0.0762 e. The van der Waals surface area contributed by atoms with Gasteiger partial charge in [0.25, 0.3) is 0 Å². The number of aliphatic hydroxyl groups excluding tert-OH is 1. The number of rotatable bonds is 5. The summed E-state index contributed by atoms with van der Waals surface area (Å²) in [6.45, 7) is 1.02. The lowest BCUT2D eigenvalue weighted by Gasteiger charge is -2.27. The normalized spacial score (nSPS) is 23.2. The summed E-state index contributed by atoms with van der Waals surface area (Å²) in [4.78, 5) is 0. The molecule has 0 saturated heterocycles. The van der Waals surface area contributed by atoms with Gasteiger partial charge in [-0.25, -0.2) is 0 Å². The van der Waals surface area contributed by atoms with Crippen LogP contribution in [-0.2, 0) is 6.54 Å². The van der Waals surface area contributed by atoms with Crippen molar-refractivity contribution >= 4 is 0 Å². The van der Waals surface area contributed by atoms with Crippen LogP contribution in [0.4, 0.5) is 0 Å². The molecule has 0 bridgehead atoms. The van der Waals surface area contributed by atoms with Crippen molar-refractivity contribution in [2.24, 2.45) is 0 Å². The van der Waals surface area contributed by atoms with Gasteiger partial charge in [0.2, 0.25) is 0 Å². The number of aliphatic hydroxyl groups is 1. The Labute approximate surface area is 115 Å². The second kappa shape index (κ2) is 5.63. The van der Waals surface area contributed by atoms with E-state index in [2.05, 4.69) is 22.3 Å². The molecule has 0 aromatic carbocycles. The predicted molar refractivity (Wildman–Crippen MR) is 74.9 cm³/mol. The molecule has 0 aliphatic heterocycles. The summed E-state index contributed by atoms with van der Waals surface area (Å²) in [5, 5.41) is 17.8. The lowest BCUT2D eigenvalue weighted by molar-refractivity contribution is 0.162. The molecule has 1 aromatic heterocycles. The highest BCUT2D eigenvalue weighted by Gasteiger charge is 2.32. The van der Waals surface area contributed by atoms with Gasteiger partial charge in [-0.05, 0) is 31.7 Å². The van der Waals surface area contributed by atoms with Gasteiger partial charge in [0.1, 0.15) is 0 Å². The second-order valence-electron chi connectivity index (χ2n) is 6.22. The van der Waals surface area contributed by atoms with Crippen molar-refractivity contribution in [3.63, 3.8) is 0 Å². The van der Waals surface area contributed by atoms with Gasteiger partial charge in [-0.3, -0.25) is 4.68 Å². The Morgan fingerprint density at radius 2 is 2.00 bits per heavy atom. The van der Waals surface area contributed by atoms with Gasteiger partial charge >= 0.3 is 0 Å². The van der Waals surface area contributed by atoms with Gasteiger partial charge in [-0.2, -0.15) is 5.10 Å². The van der Waals surface area contributed by atoms with Gasteiger partial charge < -0.3 is 10.4 Å². The van der Waals surface area contributed by atoms with Gasteiger partial charge in [-0.15, -0.1) is 0 Å². The summed E-state index contributed by atoms with van der Waals surface area (Å²) in [6, 6.07) is 2.73. The molecule has 2 N–H and O–H groups in total. The monoisotopic (exact) mass is 263 g/mol. The lowest BCUT2D eigenvalue weighted by Crippen LogP contribution is -2.45. The number of aromatic nitrogens is 2. The minimum absolute atomic E-state index is 0.0445. The molecule has 0 atom stereocenters. The standard InChI is InChI=1S/C15H25N3O/c19-12-15(8-3-4-9-15)16-11-13-7-10-18(17-13)14-5-1-2-6-14/h7,10,14,16,19H,1-6,8-9,11-12H2. The summed E-state index contributed by atoms with van der Waals surface area (Å²) in [7, 11) is 0. The average molecular weight is 263 g/mol. The Bertz CT molecular complexity index is 403. The third kappa shape index (κ3) is 2.84. The van der Waals surface area contributed by atoms with E-state index in [9.17, 15) is 5.11 Å². The topological polar surface area (TPSA) is 50.1 Å². The molecule has 0 unspecified atom stereocenters. The highest BCUT2D eigenvalue weighted by atomic mass is 16.3. The Hall–Kier alpha value is -0.870. The fourth-order valence-corrected chi connectivity index (χ4v) is 3.56. The molecule has 2 saturated carbocycles. The fourth-order valence-electron chi connectivity index (χ4n) is 3.56. The van der Waals surface area contributed by atoms with E-state index < -0.39 is 0 Å². The molecular weight excluding hydrogens is 238 g/mol. The van der Waals surface area contributed by atoms with Crippen LogP contribution in [0.5, 0.6) is 0 Å². The van der Waals surface area contributed by atoms with Crippen LogP contribution in [0.2, 0.25) is 0 Å². The molecule has 3 rings (SSSR count). The van der Waals surface area contributed by atoms with Gasteiger partial charge in [-0.1, -0.05) is 25.7 Å². The Morgan fingerprint density at radius 3 is 2.68 bits per heavy atom. The van der Waals surface area contributed by atoms with Crippen molar-refractivity contribution in [1.82, 2.24) is 15.1 Å². The van der Waals surface area contributed by atoms with Crippen LogP contribution >= 0.6 is 0 Å². The maximum atomic E-state index is 9.58. The van der Waals surface area contributed by atoms with Gasteiger partial charge in [0.05, 0.1) is 18.3 Å². The molecule has 4 nitrogen and oxygen atoms in total. The van der Waals surface area contributed by atoms with Crippen molar-refractivity contribution in [2.45, 2.75) is 69.5 Å². The number of hydrogen-bond acceptors (Lipinski definition) is 3. The van der Waals surface area contributed by atoms with Gasteiger partial charge in [0.15, 0.2) is 0 Å². The largest absolute Gasteiger partial charge is 0.394 e. The Kier molecular flexibility index (Phi) is 3.89. The molecule has 1 heterocycles. The molecule has 2 fully saturated rings. The maximum Gasteiger partial charge on any atom is 0.0762 e. The lowest BCUT2D eigenvalue weighted by atomic mass is 9.99. The molecule has 1 aromatic rings. The first-order valence-corrected chi connectivity index (χ1v) is 7.71. The van der Waals surface area contributed by atoms with E-state index in [1.165, 1.54) is 38.5 Å². The second-order valence-corrected chi connectivity index (χ2v) is 6.22. The maximum absolute atomic E-state index is 9.58. The quantitative estimate of drug-likeness (QED) is 0.857. The van der Waals surface area contributed by atoms with E-state index in [4.69, 9.17) is 5.10 Å². The van der Waals surface area contributed by atoms with E-state index in [1.807, 2.05) is 0 Å². The molecule has 2 aliphatic rings. The van der Waals surface area contributed by atoms with Gasteiger partial charge in [0, 0.05) is 18.3 Å². The van der Waals surface area contributed by atoms with Crippen LogP contribution in [0.25, 0.3) is 0 Å². The molecular formula is C15H25N3O. The van der Waals surface area contributed by atoms with Crippen LogP contribution in [0, 0.1) is 0 Å². The summed E-state index contributed by atoms with van der Waals surface area (Å²) in [5.41, 5.74) is 1.06. The highest BCUT2D eigenvalue weighted by Crippen LogP contribution is 2.30. The Morgan fingerprint density at radius 1 is 1.26 bits per heavy atom. The summed E-state index contributed by atoms with van der Waals surface area (Å²) in [5.74, 6) is 0. The minimum Gasteiger partial charge on any atom is -0.394 e. The first-order valence-electron chi connectivity index (χ1n) is 7.71. The first-order chi connectivity index (χ1) is 9.31. The van der Waals surface area contributed by atoms with Crippen LogP contribution in [0.1, 0.15) is 63.1 Å². The van der Waals surface area contributed by atoms with Crippen molar-refractivity contribution < 1.29 is 5.11 Å². The van der Waals surface area contributed by atoms with Crippen molar-refractivity contribution in [1.29, 1.82) is 0 Å². The van der Waals surface area contributed by atoms with Crippen LogP contribution < -0.4 is 5.32 Å². The molecule has 106 valence electrons. The first kappa shape index (κ1) is 13.1. The third-order valence-electron chi connectivity index (χ3n) is 4.87. The van der Waals surface area contributed by atoms with Crippen molar-refractivity contribution in [3.8, 4) is 0 Å². The van der Waals surface area contributed by atoms with Crippen molar-refractivity contribution in [2.75, 3.05) is 6.61 Å². The van der Waals surface area contributed by atoms with Crippen LogP contribution in [-0.4, -0.2) is 27.0 Å². The molecule has 4 heteroatoms. The zero-order chi connectivity index (χ0) is 13.1. The van der Waals surface area contributed by atoms with Crippen molar-refractivity contribution in [3.05, 3.63) is 18.0 Å². The molecule has 19 heavy (non-hydrogen) atoms. The van der Waals surface area contributed by atoms with E-state index in [1.54, 1.807) is 0 Å². The number of hydrogen-bond donors (Lipinski definition) is 2. The average Bonchev–Trinajstić information content (AvgIpc) is 3.17. The van der Waals surface area contributed by atoms with E-state index in [0.29, 0.717) is 6.04 Å². The van der Waals surface area contributed by atoms with E-state index >= 15 is 0 Å². The van der Waals surface area contributed by atoms with Crippen LogP contribution in [0.15, 0.2) is 12.3 Å². The molecule has 0 spiro atoms. The summed E-state index contributed by atoms with van der Waals surface area (Å²) >= 11 is 0. The predicted octanol–water partition coefficient (Wildman–Crippen LogP) is 2.39. The Balaban J connectivity index is 1.57. The SMILES string of the molecule is OCC1(NCc2ccn(C3CCCC3)n2)CCCC1. The third-order valence-corrected chi connectivity index (χ3v) is 4.87. The zero-order valence-corrected chi connectivity index (χ0v) is 11.6. The highest BCUT2D eigenvalue weighted by molar-refractivity contribution is 5.02. The molecule has 0 amide bonds.